The van der Waals surface area contributed by atoms with Crippen LogP contribution in [0.3, 0.4) is 0 Å². The summed E-state index contributed by atoms with van der Waals surface area (Å²) < 4.78 is 50.4. The first-order valence-corrected chi connectivity index (χ1v) is 5.57. The number of hydrogen-bond donors (Lipinski definition) is 0. The molecule has 0 N–H and O–H groups in total. The third-order valence-electron chi connectivity index (χ3n) is 1.99. The van der Waals surface area contributed by atoms with Crippen LogP contribution < -0.4 is 9.47 Å². The van der Waals surface area contributed by atoms with Crippen molar-refractivity contribution in [3.05, 3.63) is 23.8 Å². The van der Waals surface area contributed by atoms with Gasteiger partial charge in [-0.2, -0.15) is 0 Å². The minimum atomic E-state index is -4.90. The maximum Gasteiger partial charge on any atom is 0.573 e. The second kappa shape index (κ2) is 6.31. The number of halogens is 3. The Balaban J connectivity index is 3.21. The van der Waals surface area contributed by atoms with Crippen LogP contribution in [0.25, 0.3) is 0 Å². The van der Waals surface area contributed by atoms with Crippen molar-refractivity contribution in [1.82, 2.24) is 0 Å². The Morgan fingerprint density at radius 1 is 1.16 bits per heavy atom. The molecule has 19 heavy (non-hydrogen) atoms. The van der Waals surface area contributed by atoms with Crippen LogP contribution in [0, 0.1) is 0 Å². The Kier molecular flexibility index (Phi) is 5.02. The third-order valence-corrected chi connectivity index (χ3v) is 1.99. The van der Waals surface area contributed by atoms with E-state index in [1.165, 1.54) is 12.1 Å². The molecule has 0 aromatic heterocycles. The Morgan fingerprint density at radius 2 is 1.79 bits per heavy atom. The van der Waals surface area contributed by atoms with Gasteiger partial charge < -0.3 is 14.2 Å². The van der Waals surface area contributed by atoms with Gasteiger partial charge in [-0.05, 0) is 26.0 Å². The lowest BCUT2D eigenvalue weighted by molar-refractivity contribution is -0.274. The topological polar surface area (TPSA) is 44.8 Å². The highest BCUT2D eigenvalue weighted by Crippen LogP contribution is 2.33. The zero-order valence-corrected chi connectivity index (χ0v) is 10.4. The molecule has 1 rings (SSSR count). The molecule has 0 saturated carbocycles. The van der Waals surface area contributed by atoms with Gasteiger partial charge in [0.15, 0.2) is 0 Å². The molecule has 0 saturated heterocycles. The molecule has 106 valence electrons. The third kappa shape index (κ3) is 4.35. The van der Waals surface area contributed by atoms with Crippen LogP contribution in [0.4, 0.5) is 13.2 Å². The molecule has 4 nitrogen and oxygen atoms in total. The van der Waals surface area contributed by atoms with Crippen LogP contribution in [-0.4, -0.2) is 25.5 Å². The predicted molar refractivity (Wildman–Crippen MR) is 60.3 cm³/mol. The summed E-state index contributed by atoms with van der Waals surface area (Å²) in [7, 11) is 0. The summed E-state index contributed by atoms with van der Waals surface area (Å²) in [6.07, 6.45) is -4.90. The average molecular weight is 278 g/mol. The molecular weight excluding hydrogens is 265 g/mol. The first-order valence-electron chi connectivity index (χ1n) is 5.57. The fraction of sp³-hybridized carbons (Fsp3) is 0.417. The molecule has 0 spiro atoms. The standard InChI is InChI=1S/C12H13F3O4/c1-3-17-8-6-5-7-9(19-12(13,14)15)10(8)11(16)18-4-2/h5-7H,3-4H2,1-2H3. The molecule has 0 unspecified atom stereocenters. The van der Waals surface area contributed by atoms with Crippen molar-refractivity contribution in [1.29, 1.82) is 0 Å². The summed E-state index contributed by atoms with van der Waals surface area (Å²) in [5.41, 5.74) is -0.372. The number of carbonyl (C=O) groups excluding carboxylic acids is 1. The first-order chi connectivity index (χ1) is 8.89. The predicted octanol–water partition coefficient (Wildman–Crippen LogP) is 3.16. The number of benzene rings is 1. The highest BCUT2D eigenvalue weighted by molar-refractivity contribution is 5.95. The molecule has 0 aliphatic rings. The summed E-state index contributed by atoms with van der Waals surface area (Å²) in [5.74, 6) is -1.58. The van der Waals surface area contributed by atoms with E-state index >= 15 is 0 Å². The van der Waals surface area contributed by atoms with Crippen LogP contribution >= 0.6 is 0 Å². The second-order valence-electron chi connectivity index (χ2n) is 3.33. The highest BCUT2D eigenvalue weighted by atomic mass is 19.4. The molecule has 0 bridgehead atoms. The molecule has 1 aromatic carbocycles. The SMILES string of the molecule is CCOC(=O)c1c(OCC)cccc1OC(F)(F)F. The van der Waals surface area contributed by atoms with Crippen LogP contribution in [0.15, 0.2) is 18.2 Å². The van der Waals surface area contributed by atoms with Gasteiger partial charge in [-0.15, -0.1) is 13.2 Å². The normalized spacial score (nSPS) is 11.0. The Hall–Kier alpha value is -1.92. The van der Waals surface area contributed by atoms with E-state index in [4.69, 9.17) is 9.47 Å². The van der Waals surface area contributed by atoms with E-state index in [2.05, 4.69) is 4.74 Å². The Bertz CT molecular complexity index is 443. The van der Waals surface area contributed by atoms with Gasteiger partial charge in [0.2, 0.25) is 0 Å². The Morgan fingerprint density at radius 3 is 2.32 bits per heavy atom. The fourth-order valence-corrected chi connectivity index (χ4v) is 1.40. The van der Waals surface area contributed by atoms with Crippen molar-refractivity contribution >= 4 is 5.97 Å². The average Bonchev–Trinajstić information content (AvgIpc) is 2.27. The van der Waals surface area contributed by atoms with Crippen molar-refractivity contribution in [3.63, 3.8) is 0 Å². The van der Waals surface area contributed by atoms with Crippen molar-refractivity contribution in [2.24, 2.45) is 0 Å². The highest BCUT2D eigenvalue weighted by Gasteiger charge is 2.34. The van der Waals surface area contributed by atoms with Gasteiger partial charge in [0.05, 0.1) is 13.2 Å². The number of hydrogen-bond acceptors (Lipinski definition) is 4. The lowest BCUT2D eigenvalue weighted by atomic mass is 10.2. The molecular formula is C12H13F3O4. The second-order valence-corrected chi connectivity index (χ2v) is 3.33. The van der Waals surface area contributed by atoms with Gasteiger partial charge in [0.25, 0.3) is 0 Å². The zero-order chi connectivity index (χ0) is 14.5. The minimum absolute atomic E-state index is 0.0114. The quantitative estimate of drug-likeness (QED) is 0.776. The van der Waals surface area contributed by atoms with Crippen LogP contribution in [0.1, 0.15) is 24.2 Å². The molecule has 1 aromatic rings. The van der Waals surface area contributed by atoms with E-state index in [1.54, 1.807) is 13.8 Å². The van der Waals surface area contributed by atoms with Crippen LogP contribution in [0.2, 0.25) is 0 Å². The number of esters is 1. The van der Waals surface area contributed by atoms with Gasteiger partial charge in [0, 0.05) is 0 Å². The fourth-order valence-electron chi connectivity index (χ4n) is 1.40. The van der Waals surface area contributed by atoms with Crippen LogP contribution in [-0.2, 0) is 4.74 Å². The zero-order valence-electron chi connectivity index (χ0n) is 10.4. The van der Waals surface area contributed by atoms with E-state index in [9.17, 15) is 18.0 Å². The van der Waals surface area contributed by atoms with Gasteiger partial charge in [-0.1, -0.05) is 6.07 Å². The molecule has 0 aliphatic heterocycles. The minimum Gasteiger partial charge on any atom is -0.493 e. The molecule has 0 aliphatic carbocycles. The molecule has 0 atom stereocenters. The Labute approximate surface area is 108 Å². The van der Waals surface area contributed by atoms with Crippen molar-refractivity contribution < 1.29 is 32.2 Å². The summed E-state index contributed by atoms with van der Waals surface area (Å²) >= 11 is 0. The molecule has 7 heteroatoms. The number of ether oxygens (including phenoxy) is 3. The summed E-state index contributed by atoms with van der Waals surface area (Å²) in [4.78, 5) is 11.7. The lowest BCUT2D eigenvalue weighted by Crippen LogP contribution is -2.20. The smallest absolute Gasteiger partial charge is 0.493 e. The molecule has 0 heterocycles. The molecule has 0 radical (unpaired) electrons. The molecule has 0 fully saturated rings. The van der Waals surface area contributed by atoms with E-state index in [-0.39, 0.29) is 24.5 Å². The number of carbonyl (C=O) groups is 1. The lowest BCUT2D eigenvalue weighted by Gasteiger charge is -2.15. The first kappa shape index (κ1) is 15.1. The van der Waals surface area contributed by atoms with Crippen molar-refractivity contribution in [2.45, 2.75) is 20.2 Å². The molecule has 0 amide bonds. The van der Waals surface area contributed by atoms with Crippen molar-refractivity contribution in [3.8, 4) is 11.5 Å². The van der Waals surface area contributed by atoms with Gasteiger partial charge in [-0.3, -0.25) is 0 Å². The largest absolute Gasteiger partial charge is 0.573 e. The van der Waals surface area contributed by atoms with E-state index in [0.29, 0.717) is 0 Å². The summed E-state index contributed by atoms with van der Waals surface area (Å²) in [6, 6.07) is 3.70. The van der Waals surface area contributed by atoms with Crippen molar-refractivity contribution in [2.75, 3.05) is 13.2 Å². The maximum atomic E-state index is 12.3. The number of alkyl halides is 3. The van der Waals surface area contributed by atoms with Gasteiger partial charge in [0.1, 0.15) is 17.1 Å². The van der Waals surface area contributed by atoms with E-state index < -0.39 is 18.1 Å². The monoisotopic (exact) mass is 278 g/mol. The number of rotatable bonds is 5. The van der Waals surface area contributed by atoms with E-state index in [1.807, 2.05) is 0 Å². The van der Waals surface area contributed by atoms with Crippen LogP contribution in [0.5, 0.6) is 11.5 Å². The van der Waals surface area contributed by atoms with Gasteiger partial charge in [-0.25, -0.2) is 4.79 Å². The van der Waals surface area contributed by atoms with Gasteiger partial charge >= 0.3 is 12.3 Å². The maximum absolute atomic E-state index is 12.3. The van der Waals surface area contributed by atoms with E-state index in [0.717, 1.165) is 6.07 Å². The summed E-state index contributed by atoms with van der Waals surface area (Å²) in [5, 5.41) is 0. The summed E-state index contributed by atoms with van der Waals surface area (Å²) in [6.45, 7) is 3.42.